The largest absolute Gasteiger partial charge is 0.296 e. The van der Waals surface area contributed by atoms with Crippen molar-refractivity contribution in [1.29, 1.82) is 0 Å². The summed E-state index contributed by atoms with van der Waals surface area (Å²) in [5.74, 6) is 2.93. The van der Waals surface area contributed by atoms with Crippen molar-refractivity contribution >= 4 is 52.5 Å². The average Bonchev–Trinajstić information content (AvgIpc) is 2.95. The molecule has 3 nitrogen and oxygen atoms in total. The monoisotopic (exact) mass is 384 g/mol. The number of carbonyl (C=O) groups is 1. The fourth-order valence-electron chi connectivity index (χ4n) is 3.40. The highest BCUT2D eigenvalue weighted by atomic mass is 35.5. The lowest BCUT2D eigenvalue weighted by molar-refractivity contribution is -0.129. The first-order valence-corrected chi connectivity index (χ1v) is 10.8. The fourth-order valence-corrected chi connectivity index (χ4v) is 6.38. The molecule has 0 radical (unpaired) electrons. The van der Waals surface area contributed by atoms with Crippen molar-refractivity contribution < 1.29 is 4.79 Å². The van der Waals surface area contributed by atoms with E-state index in [1.807, 2.05) is 23.5 Å². The Labute approximate surface area is 152 Å². The summed E-state index contributed by atoms with van der Waals surface area (Å²) >= 11 is 16.2. The maximum absolute atomic E-state index is 13.2. The van der Waals surface area contributed by atoms with Gasteiger partial charge in [0.2, 0.25) is 0 Å². The van der Waals surface area contributed by atoms with Crippen LogP contribution in [0.5, 0.6) is 0 Å². The van der Waals surface area contributed by atoms with Gasteiger partial charge in [0.05, 0.1) is 21.8 Å². The third kappa shape index (κ3) is 3.75. The van der Waals surface area contributed by atoms with E-state index in [0.717, 1.165) is 24.6 Å². The number of ketones is 1. The summed E-state index contributed by atoms with van der Waals surface area (Å²) in [7, 11) is 0. The fraction of sp³-hybridized carbons (Fsp3) is 0.933. The van der Waals surface area contributed by atoms with Gasteiger partial charge in [0.15, 0.2) is 5.78 Å². The third-order valence-corrected chi connectivity index (χ3v) is 7.90. The van der Waals surface area contributed by atoms with Crippen LogP contribution < -0.4 is 0 Å². The molecule has 0 aromatic rings. The van der Waals surface area contributed by atoms with Crippen LogP contribution in [-0.2, 0) is 4.79 Å². The zero-order chi connectivity index (χ0) is 16.5. The quantitative estimate of drug-likeness (QED) is 0.653. The molecule has 0 bridgehead atoms. The van der Waals surface area contributed by atoms with E-state index in [1.54, 1.807) is 0 Å². The van der Waals surface area contributed by atoms with Gasteiger partial charge in [-0.25, -0.2) is 0 Å². The zero-order valence-corrected chi connectivity index (χ0v) is 16.9. The lowest BCUT2D eigenvalue weighted by Crippen LogP contribution is -2.58. The van der Waals surface area contributed by atoms with Crippen LogP contribution in [0, 0.1) is 0 Å². The predicted octanol–water partition coefficient (Wildman–Crippen LogP) is 3.34. The standard InChI is InChI=1S/C15H26Cl2N2OS2/c1-14(2)18(5-7-21-14)11(9-16)13(20)12(10-17)19-6-8-22-15(19,3)4/h11-12H,5-10H2,1-4H3. The van der Waals surface area contributed by atoms with E-state index in [4.69, 9.17) is 23.2 Å². The Hall–Kier alpha value is 0.870. The molecule has 0 spiro atoms. The van der Waals surface area contributed by atoms with Gasteiger partial charge < -0.3 is 0 Å². The van der Waals surface area contributed by atoms with Gasteiger partial charge in [-0.1, -0.05) is 0 Å². The molecule has 0 aromatic heterocycles. The Morgan fingerprint density at radius 3 is 1.55 bits per heavy atom. The van der Waals surface area contributed by atoms with Crippen molar-refractivity contribution in [2.75, 3.05) is 36.4 Å². The molecule has 7 heteroatoms. The van der Waals surface area contributed by atoms with Gasteiger partial charge >= 0.3 is 0 Å². The molecule has 2 fully saturated rings. The van der Waals surface area contributed by atoms with Gasteiger partial charge in [0.25, 0.3) is 0 Å². The average molecular weight is 385 g/mol. The number of alkyl halides is 2. The van der Waals surface area contributed by atoms with E-state index in [0.29, 0.717) is 11.8 Å². The highest BCUT2D eigenvalue weighted by Gasteiger charge is 2.46. The first-order valence-electron chi connectivity index (χ1n) is 7.71. The molecule has 0 N–H and O–H groups in total. The summed E-state index contributed by atoms with van der Waals surface area (Å²) in [6.45, 7) is 10.5. The molecular formula is C15H26Cl2N2OS2. The number of hydrogen-bond donors (Lipinski definition) is 0. The molecule has 0 aromatic carbocycles. The highest BCUT2D eigenvalue weighted by Crippen LogP contribution is 2.39. The summed E-state index contributed by atoms with van der Waals surface area (Å²) in [5.41, 5.74) is 0. The second-order valence-electron chi connectivity index (χ2n) is 6.72. The summed E-state index contributed by atoms with van der Waals surface area (Å²) in [6.07, 6.45) is 0. The molecule has 2 unspecified atom stereocenters. The maximum atomic E-state index is 13.2. The van der Waals surface area contributed by atoms with Gasteiger partial charge in [0.1, 0.15) is 0 Å². The Morgan fingerprint density at radius 1 is 0.955 bits per heavy atom. The Morgan fingerprint density at radius 2 is 1.32 bits per heavy atom. The summed E-state index contributed by atoms with van der Waals surface area (Å²) in [6, 6.07) is -0.506. The molecule has 2 aliphatic heterocycles. The van der Waals surface area contributed by atoms with Gasteiger partial charge in [-0.05, 0) is 27.7 Å². The van der Waals surface area contributed by atoms with Crippen LogP contribution in [0.1, 0.15) is 27.7 Å². The molecule has 2 aliphatic rings. The first kappa shape index (κ1) is 19.2. The first-order chi connectivity index (χ1) is 10.2. The SMILES string of the molecule is CC1(C)SCCN1C(CCl)C(=O)C(CCl)N1CCSC1(C)C. The minimum absolute atomic E-state index is 0.0403. The summed E-state index contributed by atoms with van der Waals surface area (Å²) in [5, 5.41) is 0. The van der Waals surface area contributed by atoms with E-state index in [-0.39, 0.29) is 27.6 Å². The Balaban J connectivity index is 2.19. The lowest BCUT2D eigenvalue weighted by atomic mass is 10.0. The van der Waals surface area contributed by atoms with Crippen molar-refractivity contribution in [1.82, 2.24) is 9.80 Å². The number of rotatable bonds is 6. The van der Waals surface area contributed by atoms with E-state index >= 15 is 0 Å². The molecule has 2 atom stereocenters. The second-order valence-corrected chi connectivity index (χ2v) is 10.7. The van der Waals surface area contributed by atoms with E-state index in [1.165, 1.54) is 0 Å². The van der Waals surface area contributed by atoms with Crippen LogP contribution >= 0.6 is 46.7 Å². The maximum Gasteiger partial charge on any atom is 0.169 e. The van der Waals surface area contributed by atoms with Crippen molar-refractivity contribution in [2.45, 2.75) is 49.5 Å². The number of carbonyl (C=O) groups excluding carboxylic acids is 1. The normalized spacial score (nSPS) is 27.9. The smallest absolute Gasteiger partial charge is 0.169 e. The number of halogens is 2. The van der Waals surface area contributed by atoms with Gasteiger partial charge in [-0.3, -0.25) is 14.6 Å². The molecule has 2 rings (SSSR count). The van der Waals surface area contributed by atoms with Crippen molar-refractivity contribution in [3.63, 3.8) is 0 Å². The number of thioether (sulfide) groups is 2. The lowest BCUT2D eigenvalue weighted by Gasteiger charge is -2.41. The van der Waals surface area contributed by atoms with Crippen LogP contribution in [-0.4, -0.2) is 73.8 Å². The molecular weight excluding hydrogens is 359 g/mol. The Bertz CT molecular complexity index is 384. The number of hydrogen-bond acceptors (Lipinski definition) is 5. The van der Waals surface area contributed by atoms with E-state index in [2.05, 4.69) is 37.5 Å². The zero-order valence-electron chi connectivity index (χ0n) is 13.8. The molecule has 0 amide bonds. The predicted molar refractivity (Wildman–Crippen MR) is 101 cm³/mol. The van der Waals surface area contributed by atoms with Crippen LogP contribution in [0.4, 0.5) is 0 Å². The van der Waals surface area contributed by atoms with Crippen LogP contribution in [0.3, 0.4) is 0 Å². The minimum Gasteiger partial charge on any atom is -0.296 e. The van der Waals surface area contributed by atoms with Crippen molar-refractivity contribution in [3.05, 3.63) is 0 Å². The molecule has 22 heavy (non-hydrogen) atoms. The molecule has 2 saturated heterocycles. The second kappa shape index (κ2) is 7.40. The molecule has 128 valence electrons. The van der Waals surface area contributed by atoms with Gasteiger partial charge in [-0.15, -0.1) is 46.7 Å². The van der Waals surface area contributed by atoms with Gasteiger partial charge in [0, 0.05) is 36.4 Å². The summed E-state index contributed by atoms with van der Waals surface area (Å²) in [4.78, 5) is 17.6. The third-order valence-electron chi connectivity index (χ3n) is 4.66. The van der Waals surface area contributed by atoms with Crippen LogP contribution in [0.2, 0.25) is 0 Å². The van der Waals surface area contributed by atoms with Gasteiger partial charge in [-0.2, -0.15) is 0 Å². The minimum atomic E-state index is -0.253. The molecule has 0 aliphatic carbocycles. The van der Waals surface area contributed by atoms with Crippen LogP contribution in [0.15, 0.2) is 0 Å². The van der Waals surface area contributed by atoms with Crippen LogP contribution in [0.25, 0.3) is 0 Å². The van der Waals surface area contributed by atoms with Crippen molar-refractivity contribution in [3.8, 4) is 0 Å². The van der Waals surface area contributed by atoms with E-state index < -0.39 is 0 Å². The Kier molecular flexibility index (Phi) is 6.46. The van der Waals surface area contributed by atoms with Crippen molar-refractivity contribution in [2.24, 2.45) is 0 Å². The topological polar surface area (TPSA) is 23.6 Å². The van der Waals surface area contributed by atoms with E-state index in [9.17, 15) is 4.79 Å². The number of nitrogens with zero attached hydrogens (tertiary/aromatic N) is 2. The number of Topliss-reactive ketones (excluding diaryl/α,β-unsaturated/α-hetero) is 1. The molecule has 0 saturated carbocycles. The highest BCUT2D eigenvalue weighted by molar-refractivity contribution is 8.01. The molecule has 2 heterocycles. The summed E-state index contributed by atoms with van der Waals surface area (Å²) < 4.78 is 0.